The Labute approximate surface area is 74.7 Å². The second-order valence-electron chi connectivity index (χ2n) is 2.64. The van der Waals surface area contributed by atoms with Gasteiger partial charge in [0, 0.05) is 0 Å². The first-order chi connectivity index (χ1) is 5.54. The van der Waals surface area contributed by atoms with Crippen LogP contribution in [0.5, 0.6) is 0 Å². The molecule has 0 aromatic heterocycles. The van der Waals surface area contributed by atoms with Gasteiger partial charge in [0.1, 0.15) is 0 Å². The van der Waals surface area contributed by atoms with Crippen LogP contribution >= 0.6 is 0 Å². The van der Waals surface area contributed by atoms with E-state index in [0.29, 0.717) is 13.2 Å². The maximum absolute atomic E-state index is 8.66. The minimum absolute atomic E-state index is 0.297. The molecule has 0 radical (unpaired) electrons. The Hall–Kier alpha value is -0.380. The molecule has 0 bridgehead atoms. The summed E-state index contributed by atoms with van der Waals surface area (Å²) < 4.78 is 4.86. The number of aliphatic hydroxyl groups is 2. The first kappa shape index (κ1) is 14.2. The fourth-order valence-electron chi connectivity index (χ4n) is 0.409. The van der Waals surface area contributed by atoms with Gasteiger partial charge in [0.2, 0.25) is 0 Å². The maximum atomic E-state index is 8.66. The van der Waals surface area contributed by atoms with E-state index in [0.717, 1.165) is 0 Å². The Morgan fingerprint density at radius 1 is 1.25 bits per heavy atom. The van der Waals surface area contributed by atoms with Crippen molar-refractivity contribution < 1.29 is 14.9 Å². The fraction of sp³-hybridized carbons (Fsp3) is 0.778. The molecule has 0 aliphatic heterocycles. The highest BCUT2D eigenvalue weighted by Gasteiger charge is 1.97. The van der Waals surface area contributed by atoms with Gasteiger partial charge in [0.15, 0.2) is 0 Å². The van der Waals surface area contributed by atoms with Crippen molar-refractivity contribution >= 4 is 0 Å². The quantitative estimate of drug-likeness (QED) is 0.627. The number of aliphatic hydroxyl groups excluding tert-OH is 2. The van der Waals surface area contributed by atoms with E-state index < -0.39 is 12.2 Å². The van der Waals surface area contributed by atoms with Crippen molar-refractivity contribution in [1.82, 2.24) is 0 Å². The molecule has 2 unspecified atom stereocenters. The molecule has 3 heteroatoms. The van der Waals surface area contributed by atoms with Crippen LogP contribution in [0.15, 0.2) is 12.7 Å². The molecule has 0 aromatic carbocycles. The maximum Gasteiger partial charge on any atom is 0.0745 e. The predicted molar refractivity (Wildman–Crippen MR) is 50.1 cm³/mol. The van der Waals surface area contributed by atoms with E-state index in [-0.39, 0.29) is 0 Å². The monoisotopic (exact) mass is 176 g/mol. The Kier molecular flexibility index (Phi) is 12.5. The first-order valence-corrected chi connectivity index (χ1v) is 4.05. The Bertz CT molecular complexity index is 81.8. The van der Waals surface area contributed by atoms with E-state index in [1.165, 1.54) is 0 Å². The van der Waals surface area contributed by atoms with E-state index in [1.807, 2.05) is 6.92 Å². The predicted octanol–water partition coefficient (Wildman–Crippen LogP) is 0.957. The van der Waals surface area contributed by atoms with Crippen LogP contribution in [-0.4, -0.2) is 35.6 Å². The smallest absolute Gasteiger partial charge is 0.0745 e. The van der Waals surface area contributed by atoms with Crippen molar-refractivity contribution in [1.29, 1.82) is 0 Å². The van der Waals surface area contributed by atoms with Crippen LogP contribution in [0.2, 0.25) is 0 Å². The summed E-state index contributed by atoms with van der Waals surface area (Å²) in [5.74, 6) is 0. The number of hydrogen-bond donors (Lipinski definition) is 2. The van der Waals surface area contributed by atoms with E-state index in [1.54, 1.807) is 19.9 Å². The molecule has 0 rings (SSSR count). The summed E-state index contributed by atoms with van der Waals surface area (Å²) >= 11 is 0. The molecule has 0 fully saturated rings. The standard InChI is InChI=1S/C6H14O3.C3H6/c1-5(7)3-9-4-6(2)8;1-3-2/h5-8H,3-4H2,1-2H3;3H,1H2,2H3. The summed E-state index contributed by atoms with van der Waals surface area (Å²) in [6.45, 7) is 9.12. The van der Waals surface area contributed by atoms with E-state index >= 15 is 0 Å². The van der Waals surface area contributed by atoms with Crippen molar-refractivity contribution in [2.75, 3.05) is 13.2 Å². The zero-order valence-electron chi connectivity index (χ0n) is 8.16. The third kappa shape index (κ3) is 22.6. The number of rotatable bonds is 4. The zero-order valence-corrected chi connectivity index (χ0v) is 8.16. The van der Waals surface area contributed by atoms with Crippen molar-refractivity contribution in [2.45, 2.75) is 33.0 Å². The third-order valence-electron chi connectivity index (χ3n) is 0.718. The van der Waals surface area contributed by atoms with E-state index in [9.17, 15) is 0 Å². The molecule has 0 aliphatic rings. The number of allylic oxidation sites excluding steroid dienone is 1. The van der Waals surface area contributed by atoms with Crippen molar-refractivity contribution in [3.05, 3.63) is 12.7 Å². The second kappa shape index (κ2) is 10.6. The molecule has 3 nitrogen and oxygen atoms in total. The van der Waals surface area contributed by atoms with Crippen LogP contribution in [0.4, 0.5) is 0 Å². The lowest BCUT2D eigenvalue weighted by Crippen LogP contribution is -2.16. The summed E-state index contributed by atoms with van der Waals surface area (Å²) in [6.07, 6.45) is 0.868. The largest absolute Gasteiger partial charge is 0.391 e. The molecule has 0 heterocycles. The lowest BCUT2D eigenvalue weighted by atomic mass is 10.4. The molecule has 74 valence electrons. The Morgan fingerprint density at radius 2 is 1.50 bits per heavy atom. The lowest BCUT2D eigenvalue weighted by molar-refractivity contribution is 0.00392. The second-order valence-corrected chi connectivity index (χ2v) is 2.64. The van der Waals surface area contributed by atoms with E-state index in [2.05, 4.69) is 6.58 Å². The van der Waals surface area contributed by atoms with Gasteiger partial charge in [-0.25, -0.2) is 0 Å². The lowest BCUT2D eigenvalue weighted by Gasteiger charge is -2.06. The van der Waals surface area contributed by atoms with Crippen LogP contribution < -0.4 is 0 Å². The molecule has 12 heavy (non-hydrogen) atoms. The van der Waals surface area contributed by atoms with Gasteiger partial charge in [-0.15, -0.1) is 6.58 Å². The Balaban J connectivity index is 0. The molecule has 0 amide bonds. The van der Waals surface area contributed by atoms with Gasteiger partial charge in [0.05, 0.1) is 25.4 Å². The summed E-state index contributed by atoms with van der Waals surface area (Å²) in [5, 5.41) is 17.3. The number of hydrogen-bond acceptors (Lipinski definition) is 3. The molecule has 0 aliphatic carbocycles. The van der Waals surface area contributed by atoms with Crippen molar-refractivity contribution in [2.24, 2.45) is 0 Å². The SMILES string of the molecule is C=CC.CC(O)COCC(C)O. The van der Waals surface area contributed by atoms with E-state index in [4.69, 9.17) is 14.9 Å². The highest BCUT2D eigenvalue weighted by molar-refractivity contribution is 4.51. The minimum atomic E-state index is -0.441. The normalized spacial score (nSPS) is 14.1. The van der Waals surface area contributed by atoms with Crippen LogP contribution in [0, 0.1) is 0 Å². The summed E-state index contributed by atoms with van der Waals surface area (Å²) in [7, 11) is 0. The average Bonchev–Trinajstić information content (AvgIpc) is 1.87. The molecular formula is C9H20O3. The molecule has 0 spiro atoms. The molecular weight excluding hydrogens is 156 g/mol. The van der Waals surface area contributed by atoms with Crippen molar-refractivity contribution in [3.63, 3.8) is 0 Å². The highest BCUT2D eigenvalue weighted by atomic mass is 16.5. The summed E-state index contributed by atoms with van der Waals surface area (Å²) in [5.41, 5.74) is 0. The summed E-state index contributed by atoms with van der Waals surface area (Å²) in [4.78, 5) is 0. The molecule has 0 saturated carbocycles. The van der Waals surface area contributed by atoms with Crippen LogP contribution in [0.25, 0.3) is 0 Å². The third-order valence-corrected chi connectivity index (χ3v) is 0.718. The van der Waals surface area contributed by atoms with Gasteiger partial charge < -0.3 is 14.9 Å². The molecule has 2 atom stereocenters. The van der Waals surface area contributed by atoms with Gasteiger partial charge in [-0.3, -0.25) is 0 Å². The van der Waals surface area contributed by atoms with Crippen LogP contribution in [0.3, 0.4) is 0 Å². The van der Waals surface area contributed by atoms with Crippen molar-refractivity contribution in [3.8, 4) is 0 Å². The van der Waals surface area contributed by atoms with Gasteiger partial charge in [-0.1, -0.05) is 6.08 Å². The first-order valence-electron chi connectivity index (χ1n) is 4.05. The van der Waals surface area contributed by atoms with Gasteiger partial charge in [0.25, 0.3) is 0 Å². The average molecular weight is 176 g/mol. The minimum Gasteiger partial charge on any atom is -0.391 e. The van der Waals surface area contributed by atoms with Crippen LogP contribution in [-0.2, 0) is 4.74 Å². The number of ether oxygens (including phenoxy) is 1. The zero-order chi connectivity index (χ0) is 9.98. The molecule has 0 aromatic rings. The van der Waals surface area contributed by atoms with Gasteiger partial charge in [-0.05, 0) is 20.8 Å². The fourth-order valence-corrected chi connectivity index (χ4v) is 0.409. The molecule has 0 saturated heterocycles. The summed E-state index contributed by atoms with van der Waals surface area (Å²) in [6, 6.07) is 0. The van der Waals surface area contributed by atoms with Gasteiger partial charge in [-0.2, -0.15) is 0 Å². The Morgan fingerprint density at radius 3 is 1.67 bits per heavy atom. The topological polar surface area (TPSA) is 49.7 Å². The van der Waals surface area contributed by atoms with Crippen LogP contribution in [0.1, 0.15) is 20.8 Å². The van der Waals surface area contributed by atoms with Gasteiger partial charge >= 0.3 is 0 Å². The highest BCUT2D eigenvalue weighted by Crippen LogP contribution is 1.85. The molecule has 2 N–H and O–H groups in total.